The molecule has 4 rings (SSSR count). The van der Waals surface area contributed by atoms with Gasteiger partial charge in [-0.05, 0) is 25.3 Å². The largest absolute Gasteiger partial charge is 0.345 e. The van der Waals surface area contributed by atoms with Crippen molar-refractivity contribution in [2.75, 3.05) is 6.54 Å². The number of nitrogens with zero attached hydrogens (tertiary/aromatic N) is 4. The summed E-state index contributed by atoms with van der Waals surface area (Å²) in [7, 11) is 0. The normalized spacial score (nSPS) is 13.6. The average Bonchev–Trinajstić information content (AvgIpc) is 3.46. The van der Waals surface area contributed by atoms with E-state index in [1.54, 1.807) is 23.9 Å². The zero-order valence-electron chi connectivity index (χ0n) is 16.5. The highest BCUT2D eigenvalue weighted by Gasteiger charge is 2.25. The number of thiophene rings is 1. The van der Waals surface area contributed by atoms with Crippen LogP contribution in [-0.2, 0) is 30.7 Å². The van der Waals surface area contributed by atoms with Gasteiger partial charge in [0, 0.05) is 41.7 Å². The molecule has 0 bridgehead atoms. The molecule has 0 saturated carbocycles. The van der Waals surface area contributed by atoms with Crippen LogP contribution >= 0.6 is 11.3 Å². The topological polar surface area (TPSA) is 95.9 Å². The van der Waals surface area contributed by atoms with Gasteiger partial charge in [0.1, 0.15) is 5.69 Å². The Balaban J connectivity index is 1.41. The summed E-state index contributed by atoms with van der Waals surface area (Å²) >= 11 is 1.60. The monoisotopic (exact) mass is 412 g/mol. The number of carbonyl (C=O) groups is 2. The molecule has 0 aliphatic carbocycles. The van der Waals surface area contributed by atoms with Crippen molar-refractivity contribution in [2.24, 2.45) is 0 Å². The second kappa shape index (κ2) is 8.20. The van der Waals surface area contributed by atoms with Crippen molar-refractivity contribution in [1.82, 2.24) is 30.0 Å². The molecule has 9 heteroatoms. The van der Waals surface area contributed by atoms with E-state index in [1.807, 2.05) is 40.8 Å². The molecule has 152 valence electrons. The molecule has 0 atom stereocenters. The SMILES string of the molecule is CC(C)n1cncc1C(=O)NCc1n[nH]c2c1CN(C(=O)Cc1cccs1)CC2. The molecule has 0 radical (unpaired) electrons. The molecular formula is C20H24N6O2S. The highest BCUT2D eigenvalue weighted by Crippen LogP contribution is 2.22. The van der Waals surface area contributed by atoms with Crippen molar-refractivity contribution >= 4 is 23.2 Å². The second-order valence-electron chi connectivity index (χ2n) is 7.41. The molecular weight excluding hydrogens is 388 g/mol. The lowest BCUT2D eigenvalue weighted by Crippen LogP contribution is -2.37. The van der Waals surface area contributed by atoms with Crippen molar-refractivity contribution in [1.29, 1.82) is 0 Å². The van der Waals surface area contributed by atoms with Crippen molar-refractivity contribution in [3.05, 3.63) is 57.6 Å². The van der Waals surface area contributed by atoms with Gasteiger partial charge in [-0.25, -0.2) is 4.98 Å². The number of fused-ring (bicyclic) bond motifs is 1. The summed E-state index contributed by atoms with van der Waals surface area (Å²) in [6, 6.07) is 4.10. The van der Waals surface area contributed by atoms with Gasteiger partial charge >= 0.3 is 0 Å². The maximum absolute atomic E-state index is 12.7. The molecule has 4 heterocycles. The van der Waals surface area contributed by atoms with Crippen LogP contribution < -0.4 is 5.32 Å². The van der Waals surface area contributed by atoms with Gasteiger partial charge in [0.25, 0.3) is 5.91 Å². The van der Waals surface area contributed by atoms with Crippen molar-refractivity contribution in [2.45, 2.75) is 45.8 Å². The van der Waals surface area contributed by atoms with E-state index in [4.69, 9.17) is 0 Å². The van der Waals surface area contributed by atoms with E-state index in [2.05, 4.69) is 20.5 Å². The highest BCUT2D eigenvalue weighted by atomic mass is 32.1. The molecule has 3 aromatic rings. The van der Waals surface area contributed by atoms with Crippen LogP contribution in [0.25, 0.3) is 0 Å². The maximum atomic E-state index is 12.7. The Morgan fingerprint density at radius 2 is 2.24 bits per heavy atom. The first-order valence-electron chi connectivity index (χ1n) is 9.68. The number of hydrogen-bond donors (Lipinski definition) is 2. The van der Waals surface area contributed by atoms with Crippen LogP contribution in [-0.4, -0.2) is 43.0 Å². The maximum Gasteiger partial charge on any atom is 0.269 e. The Kier molecular flexibility index (Phi) is 5.48. The molecule has 2 amide bonds. The van der Waals surface area contributed by atoms with Gasteiger partial charge in [-0.15, -0.1) is 11.3 Å². The van der Waals surface area contributed by atoms with Gasteiger partial charge < -0.3 is 14.8 Å². The van der Waals surface area contributed by atoms with Crippen LogP contribution in [0.3, 0.4) is 0 Å². The molecule has 0 saturated heterocycles. The Labute approximate surface area is 172 Å². The quantitative estimate of drug-likeness (QED) is 0.649. The minimum absolute atomic E-state index is 0.120. The number of carbonyl (C=O) groups excluding carboxylic acids is 2. The summed E-state index contributed by atoms with van der Waals surface area (Å²) in [6.45, 7) is 5.51. The van der Waals surface area contributed by atoms with E-state index >= 15 is 0 Å². The van der Waals surface area contributed by atoms with E-state index in [9.17, 15) is 9.59 Å². The number of H-pyrrole nitrogens is 1. The number of aromatic nitrogens is 4. The van der Waals surface area contributed by atoms with Crippen LogP contribution in [0.5, 0.6) is 0 Å². The molecule has 2 N–H and O–H groups in total. The van der Waals surface area contributed by atoms with Crippen molar-refractivity contribution in [3.8, 4) is 0 Å². The zero-order valence-corrected chi connectivity index (χ0v) is 17.3. The summed E-state index contributed by atoms with van der Waals surface area (Å²) in [5.74, 6) is -0.0653. The third kappa shape index (κ3) is 4.09. The van der Waals surface area contributed by atoms with Gasteiger partial charge in [-0.2, -0.15) is 5.10 Å². The third-order valence-corrected chi connectivity index (χ3v) is 6.03. The number of rotatable bonds is 6. The van der Waals surface area contributed by atoms with Crippen LogP contribution in [0.15, 0.2) is 30.0 Å². The molecule has 0 spiro atoms. The Hall–Kier alpha value is -2.94. The van der Waals surface area contributed by atoms with Crippen molar-refractivity contribution in [3.63, 3.8) is 0 Å². The summed E-state index contributed by atoms with van der Waals surface area (Å²) in [5, 5.41) is 12.4. The zero-order chi connectivity index (χ0) is 20.4. The fraction of sp³-hybridized carbons (Fsp3) is 0.400. The highest BCUT2D eigenvalue weighted by molar-refractivity contribution is 7.10. The molecule has 8 nitrogen and oxygen atoms in total. The van der Waals surface area contributed by atoms with Gasteiger partial charge in [-0.3, -0.25) is 14.7 Å². The summed E-state index contributed by atoms with van der Waals surface area (Å²) in [5.41, 5.74) is 3.35. The van der Waals surface area contributed by atoms with Gasteiger partial charge in [-0.1, -0.05) is 6.07 Å². The van der Waals surface area contributed by atoms with E-state index < -0.39 is 0 Å². The summed E-state index contributed by atoms with van der Waals surface area (Å²) in [6.07, 6.45) is 4.40. The summed E-state index contributed by atoms with van der Waals surface area (Å²) < 4.78 is 1.83. The molecule has 1 aliphatic rings. The molecule has 3 aromatic heterocycles. The Morgan fingerprint density at radius 3 is 3.00 bits per heavy atom. The number of aromatic amines is 1. The molecule has 29 heavy (non-hydrogen) atoms. The number of nitrogens with one attached hydrogen (secondary N) is 2. The number of amides is 2. The predicted molar refractivity (Wildman–Crippen MR) is 110 cm³/mol. The Bertz CT molecular complexity index is 1000. The minimum atomic E-state index is -0.186. The van der Waals surface area contributed by atoms with E-state index in [0.29, 0.717) is 31.7 Å². The second-order valence-corrected chi connectivity index (χ2v) is 8.44. The molecule has 1 aliphatic heterocycles. The molecule has 0 fully saturated rings. The molecule has 0 unspecified atom stereocenters. The van der Waals surface area contributed by atoms with Crippen LogP contribution in [0.1, 0.15) is 52.2 Å². The smallest absolute Gasteiger partial charge is 0.269 e. The average molecular weight is 413 g/mol. The molecule has 0 aromatic carbocycles. The minimum Gasteiger partial charge on any atom is -0.345 e. The first-order chi connectivity index (χ1) is 14.0. The van der Waals surface area contributed by atoms with E-state index in [0.717, 1.165) is 28.2 Å². The standard InChI is InChI=1S/C20H24N6O2S/c1-13(2)26-12-21-10-18(26)20(28)22-9-17-15-11-25(6-5-16(15)23-24-17)19(27)8-14-4-3-7-29-14/h3-4,7,10,12-13H,5-6,8-9,11H2,1-2H3,(H,22,28)(H,23,24). The van der Waals surface area contributed by atoms with E-state index in [-0.39, 0.29) is 17.9 Å². The number of imidazole rings is 1. The first-order valence-corrected chi connectivity index (χ1v) is 10.6. The van der Waals surface area contributed by atoms with Gasteiger partial charge in [0.05, 0.1) is 31.2 Å². The van der Waals surface area contributed by atoms with Crippen molar-refractivity contribution < 1.29 is 9.59 Å². The van der Waals surface area contributed by atoms with E-state index in [1.165, 1.54) is 0 Å². The lowest BCUT2D eigenvalue weighted by molar-refractivity contribution is -0.131. The van der Waals surface area contributed by atoms with Crippen LogP contribution in [0.2, 0.25) is 0 Å². The van der Waals surface area contributed by atoms with Crippen LogP contribution in [0, 0.1) is 0 Å². The number of hydrogen-bond acceptors (Lipinski definition) is 5. The van der Waals surface area contributed by atoms with Gasteiger partial charge in [0.2, 0.25) is 5.91 Å². The third-order valence-electron chi connectivity index (χ3n) is 5.15. The van der Waals surface area contributed by atoms with Gasteiger partial charge in [0.15, 0.2) is 0 Å². The summed E-state index contributed by atoms with van der Waals surface area (Å²) in [4.78, 5) is 32.2. The first kappa shape index (κ1) is 19.4. The lowest BCUT2D eigenvalue weighted by atomic mass is 10.0. The predicted octanol–water partition coefficient (Wildman–Crippen LogP) is 2.31. The van der Waals surface area contributed by atoms with Crippen LogP contribution in [0.4, 0.5) is 0 Å². The fourth-order valence-electron chi connectivity index (χ4n) is 3.53. The Morgan fingerprint density at radius 1 is 1.38 bits per heavy atom. The lowest BCUT2D eigenvalue weighted by Gasteiger charge is -2.27. The fourth-order valence-corrected chi connectivity index (χ4v) is 4.23.